The third-order valence-electron chi connectivity index (χ3n) is 1.82. The molecule has 82 valence electrons. The number of carbonyl (C=O) groups excluding carboxylic acids is 1. The number of hydrogen-bond donors (Lipinski definition) is 1. The number of nitrogen functional groups attached to an aromatic ring is 1. The maximum atomic E-state index is 12.8. The highest BCUT2D eigenvalue weighted by atomic mass is 35.5. The highest BCUT2D eigenvalue weighted by molar-refractivity contribution is 6.31. The zero-order valence-corrected chi connectivity index (χ0v) is 8.97. The molecule has 0 radical (unpaired) electrons. The topological polar surface area (TPSA) is 52.3 Å². The van der Waals surface area contributed by atoms with E-state index in [0.717, 1.165) is 12.1 Å². The first kappa shape index (κ1) is 11.8. The molecular formula is C10H11ClFNO2. The molecule has 0 fully saturated rings. The molecule has 0 saturated heterocycles. The van der Waals surface area contributed by atoms with Crippen LogP contribution in [0.2, 0.25) is 5.02 Å². The van der Waals surface area contributed by atoms with Gasteiger partial charge in [-0.3, -0.25) is 4.79 Å². The van der Waals surface area contributed by atoms with Gasteiger partial charge in [0, 0.05) is 16.3 Å². The van der Waals surface area contributed by atoms with Gasteiger partial charge in [0.1, 0.15) is 5.82 Å². The van der Waals surface area contributed by atoms with Gasteiger partial charge < -0.3 is 10.5 Å². The van der Waals surface area contributed by atoms with Gasteiger partial charge in [-0.1, -0.05) is 11.6 Å². The number of benzene rings is 1. The van der Waals surface area contributed by atoms with Crippen molar-refractivity contribution in [3.8, 4) is 0 Å². The van der Waals surface area contributed by atoms with E-state index in [2.05, 4.69) is 0 Å². The first-order chi connectivity index (χ1) is 7.04. The van der Waals surface area contributed by atoms with Gasteiger partial charge in [-0.15, -0.1) is 0 Å². The summed E-state index contributed by atoms with van der Waals surface area (Å²) in [4.78, 5) is 11.2. The molecule has 0 aromatic heterocycles. The number of esters is 1. The lowest BCUT2D eigenvalue weighted by molar-refractivity contribution is -0.142. The van der Waals surface area contributed by atoms with Gasteiger partial charge in [-0.05, 0) is 19.1 Å². The van der Waals surface area contributed by atoms with Crippen molar-refractivity contribution in [2.45, 2.75) is 13.3 Å². The molecule has 1 aromatic carbocycles. The van der Waals surface area contributed by atoms with Crippen molar-refractivity contribution < 1.29 is 13.9 Å². The quantitative estimate of drug-likeness (QED) is 0.641. The number of anilines is 1. The molecule has 0 saturated carbocycles. The Morgan fingerprint density at radius 1 is 1.60 bits per heavy atom. The van der Waals surface area contributed by atoms with E-state index < -0.39 is 11.8 Å². The van der Waals surface area contributed by atoms with E-state index in [4.69, 9.17) is 22.1 Å². The van der Waals surface area contributed by atoms with E-state index >= 15 is 0 Å². The molecular weight excluding hydrogens is 221 g/mol. The molecule has 15 heavy (non-hydrogen) atoms. The normalized spacial score (nSPS) is 10.1. The smallest absolute Gasteiger partial charge is 0.310 e. The summed E-state index contributed by atoms with van der Waals surface area (Å²) in [5, 5.41) is 0.139. The molecule has 0 aliphatic rings. The molecule has 0 aliphatic carbocycles. The van der Waals surface area contributed by atoms with Crippen molar-refractivity contribution in [3.63, 3.8) is 0 Å². The highest BCUT2D eigenvalue weighted by Crippen LogP contribution is 2.24. The Hall–Kier alpha value is -1.29. The fraction of sp³-hybridized carbons (Fsp3) is 0.300. The number of ether oxygens (including phenoxy) is 1. The van der Waals surface area contributed by atoms with E-state index in [9.17, 15) is 9.18 Å². The summed E-state index contributed by atoms with van der Waals surface area (Å²) in [7, 11) is 0. The van der Waals surface area contributed by atoms with Crippen LogP contribution in [0.4, 0.5) is 10.1 Å². The fourth-order valence-corrected chi connectivity index (χ4v) is 1.45. The van der Waals surface area contributed by atoms with Gasteiger partial charge in [0.25, 0.3) is 0 Å². The maximum Gasteiger partial charge on any atom is 0.310 e. The minimum absolute atomic E-state index is 0.0429. The van der Waals surface area contributed by atoms with Crippen LogP contribution >= 0.6 is 11.6 Å². The summed E-state index contributed by atoms with van der Waals surface area (Å²) in [6.45, 7) is 1.99. The first-order valence-electron chi connectivity index (χ1n) is 4.43. The summed E-state index contributed by atoms with van der Waals surface area (Å²) in [6, 6.07) is 2.24. The molecule has 0 amide bonds. The molecule has 0 heterocycles. The Morgan fingerprint density at radius 3 is 2.80 bits per heavy atom. The van der Waals surface area contributed by atoms with E-state index in [1.165, 1.54) is 0 Å². The zero-order chi connectivity index (χ0) is 11.4. The molecule has 0 aliphatic heterocycles. The van der Waals surface area contributed by atoms with E-state index in [0.29, 0.717) is 5.56 Å². The van der Waals surface area contributed by atoms with Crippen LogP contribution in [0.25, 0.3) is 0 Å². The van der Waals surface area contributed by atoms with Crippen molar-refractivity contribution in [2.24, 2.45) is 0 Å². The largest absolute Gasteiger partial charge is 0.466 e. The second-order valence-corrected chi connectivity index (χ2v) is 3.34. The van der Waals surface area contributed by atoms with Gasteiger partial charge in [-0.2, -0.15) is 0 Å². The lowest BCUT2D eigenvalue weighted by Crippen LogP contribution is -2.10. The molecule has 0 unspecified atom stereocenters. The summed E-state index contributed by atoms with van der Waals surface area (Å²) in [5.41, 5.74) is 6.09. The van der Waals surface area contributed by atoms with Crippen LogP contribution in [-0.4, -0.2) is 12.6 Å². The van der Waals surface area contributed by atoms with Crippen molar-refractivity contribution in [1.29, 1.82) is 0 Å². The van der Waals surface area contributed by atoms with Gasteiger partial charge >= 0.3 is 5.97 Å². The SMILES string of the molecule is CCOC(=O)Cc1c(N)cc(F)cc1Cl. The number of halogens is 2. The van der Waals surface area contributed by atoms with Crippen LogP contribution < -0.4 is 5.73 Å². The molecule has 5 heteroatoms. The van der Waals surface area contributed by atoms with Gasteiger partial charge in [0.2, 0.25) is 0 Å². The summed E-state index contributed by atoms with van der Waals surface area (Å²) in [6.07, 6.45) is -0.0429. The second-order valence-electron chi connectivity index (χ2n) is 2.94. The van der Waals surface area contributed by atoms with Crippen molar-refractivity contribution in [1.82, 2.24) is 0 Å². The zero-order valence-electron chi connectivity index (χ0n) is 8.22. The number of hydrogen-bond acceptors (Lipinski definition) is 3. The molecule has 0 bridgehead atoms. The van der Waals surface area contributed by atoms with Crippen LogP contribution in [0, 0.1) is 5.82 Å². The molecule has 0 spiro atoms. The summed E-state index contributed by atoms with van der Waals surface area (Å²) >= 11 is 5.75. The lowest BCUT2D eigenvalue weighted by Gasteiger charge is -2.07. The average molecular weight is 232 g/mol. The van der Waals surface area contributed by atoms with Crippen molar-refractivity contribution >= 4 is 23.3 Å². The van der Waals surface area contributed by atoms with Crippen molar-refractivity contribution in [3.05, 3.63) is 28.5 Å². The third-order valence-corrected chi connectivity index (χ3v) is 2.16. The monoisotopic (exact) mass is 231 g/mol. The predicted molar refractivity (Wildman–Crippen MR) is 56.2 cm³/mol. The summed E-state index contributed by atoms with van der Waals surface area (Å²) < 4.78 is 17.6. The summed E-state index contributed by atoms with van der Waals surface area (Å²) in [5.74, 6) is -0.956. The van der Waals surface area contributed by atoms with E-state index in [1.54, 1.807) is 6.92 Å². The Kier molecular flexibility index (Phi) is 3.91. The van der Waals surface area contributed by atoms with Crippen LogP contribution in [0.1, 0.15) is 12.5 Å². The molecule has 2 N–H and O–H groups in total. The molecule has 1 rings (SSSR count). The predicted octanol–water partition coefficient (Wildman–Crippen LogP) is 2.17. The van der Waals surface area contributed by atoms with Gasteiger partial charge in [-0.25, -0.2) is 4.39 Å². The van der Waals surface area contributed by atoms with Crippen molar-refractivity contribution in [2.75, 3.05) is 12.3 Å². The van der Waals surface area contributed by atoms with Crippen LogP contribution in [0.3, 0.4) is 0 Å². The average Bonchev–Trinajstić information content (AvgIpc) is 2.11. The maximum absolute atomic E-state index is 12.8. The Bertz CT molecular complexity index is 359. The lowest BCUT2D eigenvalue weighted by atomic mass is 10.1. The Balaban J connectivity index is 2.90. The van der Waals surface area contributed by atoms with E-state index in [-0.39, 0.29) is 23.7 Å². The van der Waals surface area contributed by atoms with Crippen LogP contribution in [0.15, 0.2) is 12.1 Å². The Morgan fingerprint density at radius 2 is 2.27 bits per heavy atom. The van der Waals surface area contributed by atoms with E-state index in [1.807, 2.05) is 0 Å². The number of nitrogens with two attached hydrogens (primary N) is 1. The van der Waals surface area contributed by atoms with Crippen LogP contribution in [-0.2, 0) is 16.0 Å². The standard InChI is InChI=1S/C10H11ClFNO2/c1-2-15-10(14)5-7-8(11)3-6(12)4-9(7)13/h3-4H,2,5,13H2,1H3. The highest BCUT2D eigenvalue weighted by Gasteiger charge is 2.12. The fourth-order valence-electron chi connectivity index (χ4n) is 1.17. The molecule has 1 aromatic rings. The van der Waals surface area contributed by atoms with Gasteiger partial charge in [0.15, 0.2) is 0 Å². The molecule has 0 atom stereocenters. The van der Waals surface area contributed by atoms with Gasteiger partial charge in [0.05, 0.1) is 13.0 Å². The minimum Gasteiger partial charge on any atom is -0.466 e. The Labute approximate surface area is 92.0 Å². The minimum atomic E-state index is -0.523. The number of rotatable bonds is 3. The molecule has 3 nitrogen and oxygen atoms in total. The first-order valence-corrected chi connectivity index (χ1v) is 4.81. The second kappa shape index (κ2) is 4.98. The third kappa shape index (κ3) is 3.09. The number of carbonyl (C=O) groups is 1. The van der Waals surface area contributed by atoms with Crippen LogP contribution in [0.5, 0.6) is 0 Å².